The number of anilines is 1. The molecule has 0 radical (unpaired) electrons. The van der Waals surface area contributed by atoms with E-state index in [0.29, 0.717) is 27.5 Å². The highest BCUT2D eigenvalue weighted by molar-refractivity contribution is 6.30. The number of benzene rings is 1. The largest absolute Gasteiger partial charge is 0.394 e. The third-order valence-corrected chi connectivity index (χ3v) is 4.29. The number of aliphatic hydroxyl groups excluding tert-OH is 1. The van der Waals surface area contributed by atoms with Crippen LogP contribution in [-0.2, 0) is 4.79 Å². The third-order valence-electron chi connectivity index (χ3n) is 4.07. The van der Waals surface area contributed by atoms with Crippen LogP contribution < -0.4 is 10.2 Å². The van der Waals surface area contributed by atoms with Crippen LogP contribution in [0.2, 0.25) is 5.02 Å². The van der Waals surface area contributed by atoms with Crippen molar-refractivity contribution < 1.29 is 14.7 Å². The second-order valence-electron chi connectivity index (χ2n) is 6.74. The van der Waals surface area contributed by atoms with Crippen molar-refractivity contribution >= 4 is 29.1 Å². The summed E-state index contributed by atoms with van der Waals surface area (Å²) in [5.41, 5.74) is 2.29. The van der Waals surface area contributed by atoms with Crippen molar-refractivity contribution in [3.63, 3.8) is 0 Å². The summed E-state index contributed by atoms with van der Waals surface area (Å²) in [7, 11) is 1.68. The van der Waals surface area contributed by atoms with Gasteiger partial charge < -0.3 is 15.3 Å². The number of amides is 2. The Morgan fingerprint density at radius 3 is 2.48 bits per heavy atom. The van der Waals surface area contributed by atoms with Gasteiger partial charge in [-0.25, -0.2) is 0 Å². The van der Waals surface area contributed by atoms with Gasteiger partial charge in [0.2, 0.25) is 5.91 Å². The fourth-order valence-electron chi connectivity index (χ4n) is 2.50. The van der Waals surface area contributed by atoms with E-state index in [0.717, 1.165) is 0 Å². The lowest BCUT2D eigenvalue weighted by Gasteiger charge is -2.21. The molecule has 2 rings (SSSR count). The predicted molar refractivity (Wildman–Crippen MR) is 107 cm³/mol. The van der Waals surface area contributed by atoms with Crippen molar-refractivity contribution in [3.05, 3.63) is 47.1 Å². The van der Waals surface area contributed by atoms with E-state index in [4.69, 9.17) is 11.6 Å². The Labute approximate surface area is 164 Å². The Kier molecular flexibility index (Phi) is 6.93. The van der Waals surface area contributed by atoms with E-state index in [9.17, 15) is 14.7 Å². The van der Waals surface area contributed by atoms with Crippen LogP contribution in [0.25, 0.3) is 11.3 Å². The summed E-state index contributed by atoms with van der Waals surface area (Å²) in [6.45, 7) is 5.18. The smallest absolute Gasteiger partial charge is 0.251 e. The molecule has 2 amide bonds. The van der Waals surface area contributed by atoms with Crippen LogP contribution in [0.4, 0.5) is 5.69 Å². The van der Waals surface area contributed by atoms with Gasteiger partial charge in [0.25, 0.3) is 5.91 Å². The molecule has 7 heteroatoms. The first-order valence-corrected chi connectivity index (χ1v) is 9.07. The van der Waals surface area contributed by atoms with Crippen LogP contribution >= 0.6 is 11.6 Å². The van der Waals surface area contributed by atoms with E-state index >= 15 is 0 Å². The Hall–Kier alpha value is -2.44. The quantitative estimate of drug-likeness (QED) is 0.795. The van der Waals surface area contributed by atoms with E-state index in [1.54, 1.807) is 38.2 Å². The minimum atomic E-state index is -0.381. The normalized spacial score (nSPS) is 12.0. The van der Waals surface area contributed by atoms with Crippen molar-refractivity contribution in [2.24, 2.45) is 5.92 Å². The van der Waals surface area contributed by atoms with E-state index in [2.05, 4.69) is 10.3 Å². The summed E-state index contributed by atoms with van der Waals surface area (Å²) < 4.78 is 0. The summed E-state index contributed by atoms with van der Waals surface area (Å²) in [5, 5.41) is 12.4. The summed E-state index contributed by atoms with van der Waals surface area (Å²) in [4.78, 5) is 30.8. The van der Waals surface area contributed by atoms with Gasteiger partial charge in [0.05, 0.1) is 17.3 Å². The van der Waals surface area contributed by atoms with Gasteiger partial charge in [0, 0.05) is 42.0 Å². The second kappa shape index (κ2) is 8.97. The van der Waals surface area contributed by atoms with E-state index in [1.165, 1.54) is 11.1 Å². The van der Waals surface area contributed by atoms with Crippen LogP contribution in [0.5, 0.6) is 0 Å². The van der Waals surface area contributed by atoms with Gasteiger partial charge in [0.1, 0.15) is 0 Å². The van der Waals surface area contributed by atoms with Crippen molar-refractivity contribution in [2.45, 2.75) is 26.8 Å². The molecule has 0 bridgehead atoms. The molecule has 2 aromatic rings. The lowest BCUT2D eigenvalue weighted by molar-refractivity contribution is -0.121. The van der Waals surface area contributed by atoms with Crippen LogP contribution in [0, 0.1) is 5.92 Å². The van der Waals surface area contributed by atoms with Gasteiger partial charge in [-0.05, 0) is 37.3 Å². The molecule has 27 heavy (non-hydrogen) atoms. The maximum atomic E-state index is 12.6. The molecular formula is C20H24ClN3O3. The zero-order valence-electron chi connectivity index (χ0n) is 15.9. The number of aromatic nitrogens is 1. The number of pyridine rings is 1. The van der Waals surface area contributed by atoms with Crippen LogP contribution in [-0.4, -0.2) is 41.6 Å². The lowest BCUT2D eigenvalue weighted by atomic mass is 10.0. The molecular weight excluding hydrogens is 366 g/mol. The molecule has 1 atom stereocenters. The molecule has 144 valence electrons. The van der Waals surface area contributed by atoms with Gasteiger partial charge in [-0.2, -0.15) is 0 Å². The number of carbonyl (C=O) groups excluding carboxylic acids is 2. The van der Waals surface area contributed by atoms with E-state index < -0.39 is 0 Å². The first kappa shape index (κ1) is 20.9. The molecule has 0 saturated heterocycles. The average Bonchev–Trinajstić information content (AvgIpc) is 2.66. The summed E-state index contributed by atoms with van der Waals surface area (Å²) in [5.74, 6) is -0.579. The lowest BCUT2D eigenvalue weighted by Crippen LogP contribution is -2.35. The van der Waals surface area contributed by atoms with E-state index in [1.807, 2.05) is 19.9 Å². The molecule has 0 saturated carbocycles. The maximum absolute atomic E-state index is 12.6. The van der Waals surface area contributed by atoms with Gasteiger partial charge in [-0.1, -0.05) is 25.4 Å². The molecule has 6 nitrogen and oxygen atoms in total. The first-order chi connectivity index (χ1) is 12.7. The number of aliphatic hydroxyl groups is 1. The monoisotopic (exact) mass is 389 g/mol. The SMILES string of the molecule is CC(CO)NC(=O)c1cc(-c2ccc(Cl)cn2)cc(N(C)C(=O)C(C)C)c1. The highest BCUT2D eigenvalue weighted by atomic mass is 35.5. The topological polar surface area (TPSA) is 82.5 Å². The fourth-order valence-corrected chi connectivity index (χ4v) is 2.61. The number of hydrogen-bond donors (Lipinski definition) is 2. The molecule has 0 spiro atoms. The molecule has 0 aliphatic heterocycles. The Bertz CT molecular complexity index is 822. The molecule has 1 aromatic carbocycles. The van der Waals surface area contributed by atoms with Gasteiger partial charge >= 0.3 is 0 Å². The minimum Gasteiger partial charge on any atom is -0.394 e. The van der Waals surface area contributed by atoms with E-state index in [-0.39, 0.29) is 30.4 Å². The number of nitrogens with one attached hydrogen (secondary N) is 1. The Balaban J connectivity index is 2.51. The van der Waals surface area contributed by atoms with Crippen molar-refractivity contribution in [1.82, 2.24) is 10.3 Å². The second-order valence-corrected chi connectivity index (χ2v) is 7.18. The Morgan fingerprint density at radius 2 is 1.93 bits per heavy atom. The minimum absolute atomic E-state index is 0.0636. The third kappa shape index (κ3) is 5.28. The molecule has 0 fully saturated rings. The average molecular weight is 390 g/mol. The zero-order chi connectivity index (χ0) is 20.1. The zero-order valence-corrected chi connectivity index (χ0v) is 16.6. The molecule has 0 aliphatic carbocycles. The summed E-state index contributed by atoms with van der Waals surface area (Å²) in [6.07, 6.45) is 1.53. The van der Waals surface area contributed by atoms with Crippen molar-refractivity contribution in [3.8, 4) is 11.3 Å². The summed E-state index contributed by atoms with van der Waals surface area (Å²) >= 11 is 5.91. The molecule has 1 heterocycles. The van der Waals surface area contributed by atoms with Gasteiger partial charge in [-0.15, -0.1) is 0 Å². The number of halogens is 1. The van der Waals surface area contributed by atoms with Crippen molar-refractivity contribution in [2.75, 3.05) is 18.6 Å². The number of hydrogen-bond acceptors (Lipinski definition) is 4. The standard InChI is InChI=1S/C20H24ClN3O3/c1-12(2)20(27)24(4)17-8-14(18-6-5-16(21)10-22-18)7-15(9-17)19(26)23-13(3)11-25/h5-10,12-13,25H,11H2,1-4H3,(H,23,26). The predicted octanol–water partition coefficient (Wildman–Crippen LogP) is 3.13. The fraction of sp³-hybridized carbons (Fsp3) is 0.350. The summed E-state index contributed by atoms with van der Waals surface area (Å²) in [6, 6.07) is 8.25. The van der Waals surface area contributed by atoms with Crippen molar-refractivity contribution in [1.29, 1.82) is 0 Å². The highest BCUT2D eigenvalue weighted by Crippen LogP contribution is 2.27. The van der Waals surface area contributed by atoms with Crippen LogP contribution in [0.15, 0.2) is 36.5 Å². The number of carbonyl (C=O) groups is 2. The maximum Gasteiger partial charge on any atom is 0.251 e. The number of rotatable bonds is 6. The number of nitrogens with zero attached hydrogens (tertiary/aromatic N) is 2. The first-order valence-electron chi connectivity index (χ1n) is 8.69. The van der Waals surface area contributed by atoms with Gasteiger partial charge in [-0.3, -0.25) is 14.6 Å². The van der Waals surface area contributed by atoms with Crippen LogP contribution in [0.3, 0.4) is 0 Å². The highest BCUT2D eigenvalue weighted by Gasteiger charge is 2.19. The molecule has 2 N–H and O–H groups in total. The molecule has 1 unspecified atom stereocenters. The van der Waals surface area contributed by atoms with Crippen LogP contribution in [0.1, 0.15) is 31.1 Å². The van der Waals surface area contributed by atoms with Gasteiger partial charge in [0.15, 0.2) is 0 Å². The molecule has 1 aromatic heterocycles. The molecule has 0 aliphatic rings. The Morgan fingerprint density at radius 1 is 1.22 bits per heavy atom.